The van der Waals surface area contributed by atoms with Crippen molar-refractivity contribution in [3.63, 3.8) is 0 Å². The molecule has 0 saturated carbocycles. The summed E-state index contributed by atoms with van der Waals surface area (Å²) in [5.41, 5.74) is 3.74. The lowest BCUT2D eigenvalue weighted by atomic mass is 9.80. The number of rotatable bonds is 11. The van der Waals surface area contributed by atoms with Crippen molar-refractivity contribution in [3.8, 4) is 0 Å². The van der Waals surface area contributed by atoms with Gasteiger partial charge in [-0.15, -0.1) is 6.58 Å². The van der Waals surface area contributed by atoms with Gasteiger partial charge in [-0.05, 0) is 22.3 Å². The van der Waals surface area contributed by atoms with Gasteiger partial charge in [0.05, 0.1) is 19.3 Å². The van der Waals surface area contributed by atoms with E-state index < -0.39 is 5.60 Å². The SMILES string of the molecule is C=CC(CCOC(c1ccccc1)(c1ccccc1)c1ccccc1)OCc1ccccc1. The Morgan fingerprint density at radius 2 is 1.06 bits per heavy atom. The van der Waals surface area contributed by atoms with Gasteiger partial charge in [0.2, 0.25) is 0 Å². The summed E-state index contributed by atoms with van der Waals surface area (Å²) >= 11 is 0. The van der Waals surface area contributed by atoms with E-state index in [9.17, 15) is 0 Å². The van der Waals surface area contributed by atoms with Crippen molar-refractivity contribution in [3.05, 3.63) is 156 Å². The van der Waals surface area contributed by atoms with Gasteiger partial charge in [-0.1, -0.05) is 127 Å². The smallest absolute Gasteiger partial charge is 0.143 e. The van der Waals surface area contributed by atoms with Gasteiger partial charge in [0.25, 0.3) is 0 Å². The quantitative estimate of drug-likeness (QED) is 0.184. The minimum Gasteiger partial charge on any atom is -0.369 e. The maximum Gasteiger partial charge on any atom is 0.143 e. The van der Waals surface area contributed by atoms with Gasteiger partial charge in [-0.25, -0.2) is 0 Å². The zero-order chi connectivity index (χ0) is 22.8. The third kappa shape index (κ3) is 5.48. The highest BCUT2D eigenvalue weighted by Crippen LogP contribution is 2.40. The summed E-state index contributed by atoms with van der Waals surface area (Å²) in [5, 5.41) is 0. The monoisotopic (exact) mass is 434 g/mol. The molecule has 0 aromatic heterocycles. The highest BCUT2D eigenvalue weighted by Gasteiger charge is 2.37. The minimum atomic E-state index is -0.713. The molecular formula is C31H30O2. The van der Waals surface area contributed by atoms with Crippen molar-refractivity contribution < 1.29 is 9.47 Å². The summed E-state index contributed by atoms with van der Waals surface area (Å²) in [6, 6.07) is 41.5. The van der Waals surface area contributed by atoms with Gasteiger partial charge in [0.1, 0.15) is 5.60 Å². The second-order valence-corrected chi connectivity index (χ2v) is 7.99. The third-order valence-corrected chi connectivity index (χ3v) is 5.83. The Kier molecular flexibility index (Phi) is 7.86. The first-order valence-corrected chi connectivity index (χ1v) is 11.4. The van der Waals surface area contributed by atoms with Crippen LogP contribution in [0.15, 0.2) is 134 Å². The molecule has 0 aliphatic carbocycles. The van der Waals surface area contributed by atoms with Crippen LogP contribution in [0.2, 0.25) is 0 Å². The van der Waals surface area contributed by atoms with Crippen LogP contribution in [0.4, 0.5) is 0 Å². The van der Waals surface area contributed by atoms with E-state index in [4.69, 9.17) is 9.47 Å². The lowest BCUT2D eigenvalue weighted by Gasteiger charge is -2.36. The van der Waals surface area contributed by atoms with Crippen molar-refractivity contribution in [2.24, 2.45) is 0 Å². The Bertz CT molecular complexity index is 996. The molecule has 0 aliphatic rings. The molecule has 0 spiro atoms. The lowest BCUT2D eigenvalue weighted by Crippen LogP contribution is -2.34. The molecule has 1 atom stereocenters. The summed E-state index contributed by atoms with van der Waals surface area (Å²) in [4.78, 5) is 0. The summed E-state index contributed by atoms with van der Waals surface area (Å²) < 4.78 is 13.0. The van der Waals surface area contributed by atoms with Gasteiger partial charge in [0, 0.05) is 6.42 Å². The molecule has 0 aliphatic heterocycles. The average molecular weight is 435 g/mol. The third-order valence-electron chi connectivity index (χ3n) is 5.83. The van der Waals surface area contributed by atoms with E-state index in [2.05, 4.69) is 91.5 Å². The number of hydrogen-bond donors (Lipinski definition) is 0. The molecule has 0 bridgehead atoms. The Balaban J connectivity index is 1.59. The molecule has 0 N–H and O–H groups in total. The highest BCUT2D eigenvalue weighted by molar-refractivity contribution is 5.47. The van der Waals surface area contributed by atoms with Crippen LogP contribution in [0.1, 0.15) is 28.7 Å². The summed E-state index contributed by atoms with van der Waals surface area (Å²) in [7, 11) is 0. The molecule has 0 saturated heterocycles. The standard InChI is InChI=1S/C31H30O2/c1-2-30(32-25-26-15-7-3-8-16-26)23-24-33-31(27-17-9-4-10-18-27,28-19-11-5-12-20-28)29-21-13-6-14-22-29/h2-22,30H,1,23-25H2. The van der Waals surface area contributed by atoms with Crippen LogP contribution in [0.3, 0.4) is 0 Å². The molecule has 0 amide bonds. The van der Waals surface area contributed by atoms with Crippen LogP contribution >= 0.6 is 0 Å². The Hall–Kier alpha value is -3.46. The largest absolute Gasteiger partial charge is 0.369 e. The first kappa shape index (κ1) is 22.7. The van der Waals surface area contributed by atoms with Gasteiger partial charge >= 0.3 is 0 Å². The second-order valence-electron chi connectivity index (χ2n) is 7.99. The molecule has 2 nitrogen and oxygen atoms in total. The number of ether oxygens (including phenoxy) is 2. The Labute approximate surface area is 197 Å². The molecular weight excluding hydrogens is 404 g/mol. The molecule has 0 radical (unpaired) electrons. The van der Waals surface area contributed by atoms with Crippen molar-refractivity contribution >= 4 is 0 Å². The van der Waals surface area contributed by atoms with E-state index in [1.807, 2.05) is 42.5 Å². The van der Waals surface area contributed by atoms with Crippen LogP contribution in [-0.4, -0.2) is 12.7 Å². The van der Waals surface area contributed by atoms with Gasteiger partial charge in [-0.3, -0.25) is 0 Å². The lowest BCUT2D eigenvalue weighted by molar-refractivity contribution is -0.0154. The van der Waals surface area contributed by atoms with E-state index in [-0.39, 0.29) is 6.10 Å². The van der Waals surface area contributed by atoms with E-state index in [1.165, 1.54) is 0 Å². The molecule has 4 aromatic carbocycles. The molecule has 1 unspecified atom stereocenters. The fourth-order valence-corrected chi connectivity index (χ4v) is 4.14. The summed E-state index contributed by atoms with van der Waals surface area (Å²) in [5.74, 6) is 0. The summed E-state index contributed by atoms with van der Waals surface area (Å²) in [6.45, 7) is 5.05. The fourth-order valence-electron chi connectivity index (χ4n) is 4.14. The molecule has 166 valence electrons. The molecule has 4 aromatic rings. The van der Waals surface area contributed by atoms with Crippen molar-refractivity contribution in [2.75, 3.05) is 6.61 Å². The van der Waals surface area contributed by atoms with E-state index in [1.54, 1.807) is 0 Å². The van der Waals surface area contributed by atoms with Crippen LogP contribution in [-0.2, 0) is 21.7 Å². The van der Waals surface area contributed by atoms with Gasteiger partial charge in [0.15, 0.2) is 0 Å². The Morgan fingerprint density at radius 3 is 1.48 bits per heavy atom. The minimum absolute atomic E-state index is 0.0924. The second kappa shape index (κ2) is 11.4. The normalized spacial score (nSPS) is 12.2. The predicted octanol–water partition coefficient (Wildman–Crippen LogP) is 7.16. The maximum absolute atomic E-state index is 6.84. The molecule has 2 heteroatoms. The van der Waals surface area contributed by atoms with Gasteiger partial charge < -0.3 is 9.47 Å². The molecule has 4 rings (SSSR count). The summed E-state index contributed by atoms with van der Waals surface area (Å²) in [6.07, 6.45) is 2.48. The predicted molar refractivity (Wildman–Crippen MR) is 135 cm³/mol. The van der Waals surface area contributed by atoms with Crippen molar-refractivity contribution in [1.29, 1.82) is 0 Å². The van der Waals surface area contributed by atoms with Crippen molar-refractivity contribution in [1.82, 2.24) is 0 Å². The van der Waals surface area contributed by atoms with E-state index in [0.717, 1.165) is 22.3 Å². The fraction of sp³-hybridized carbons (Fsp3) is 0.161. The first-order valence-electron chi connectivity index (χ1n) is 11.4. The maximum atomic E-state index is 6.84. The highest BCUT2D eigenvalue weighted by atomic mass is 16.5. The van der Waals surface area contributed by atoms with Crippen LogP contribution in [0, 0.1) is 0 Å². The topological polar surface area (TPSA) is 18.5 Å². The van der Waals surface area contributed by atoms with Crippen LogP contribution in [0.25, 0.3) is 0 Å². The first-order chi connectivity index (χ1) is 16.3. The van der Waals surface area contributed by atoms with Crippen LogP contribution < -0.4 is 0 Å². The van der Waals surface area contributed by atoms with E-state index in [0.29, 0.717) is 19.6 Å². The zero-order valence-electron chi connectivity index (χ0n) is 18.8. The Morgan fingerprint density at radius 1 is 0.636 bits per heavy atom. The number of hydrogen-bond acceptors (Lipinski definition) is 2. The van der Waals surface area contributed by atoms with Crippen molar-refractivity contribution in [2.45, 2.75) is 24.7 Å². The zero-order valence-corrected chi connectivity index (χ0v) is 18.8. The van der Waals surface area contributed by atoms with Crippen LogP contribution in [0.5, 0.6) is 0 Å². The van der Waals surface area contributed by atoms with E-state index >= 15 is 0 Å². The molecule has 33 heavy (non-hydrogen) atoms. The average Bonchev–Trinajstić information content (AvgIpc) is 2.91. The van der Waals surface area contributed by atoms with Gasteiger partial charge in [-0.2, -0.15) is 0 Å². The number of benzene rings is 4. The molecule has 0 fully saturated rings. The molecule has 0 heterocycles.